The van der Waals surface area contributed by atoms with Gasteiger partial charge in [-0.1, -0.05) is 24.3 Å². The van der Waals surface area contributed by atoms with E-state index in [-0.39, 0.29) is 6.42 Å². The average molecular weight is 338 g/mol. The summed E-state index contributed by atoms with van der Waals surface area (Å²) >= 11 is 0. The van der Waals surface area contributed by atoms with Crippen molar-refractivity contribution in [3.8, 4) is 11.8 Å². The molecular formula is C20H22N2O3. The highest BCUT2D eigenvalue weighted by Gasteiger charge is 2.02. The highest BCUT2D eigenvalue weighted by atomic mass is 16.5. The predicted octanol–water partition coefficient (Wildman–Crippen LogP) is 4.00. The van der Waals surface area contributed by atoms with E-state index in [0.29, 0.717) is 26.0 Å². The number of rotatable bonds is 10. The standard InChI is InChI=1S/C20H22N2O3/c21-11-1-2-12-25-19-8-4-6-17(14-19)15-22-18-7-3-5-16(13-18)9-10-20(23)24/h3-8,13-14,22H,1-2,9-10,12,15H2,(H,23,24). The van der Waals surface area contributed by atoms with E-state index in [1.165, 1.54) is 0 Å². The van der Waals surface area contributed by atoms with Crippen molar-refractivity contribution in [2.75, 3.05) is 11.9 Å². The maximum absolute atomic E-state index is 10.7. The molecule has 2 aromatic rings. The average Bonchev–Trinajstić information content (AvgIpc) is 2.63. The third-order valence-corrected chi connectivity index (χ3v) is 3.65. The van der Waals surface area contributed by atoms with Crippen molar-refractivity contribution >= 4 is 11.7 Å². The summed E-state index contributed by atoms with van der Waals surface area (Å²) in [5, 5.41) is 20.6. The number of carboxylic acid groups (broad SMARTS) is 1. The fourth-order valence-electron chi connectivity index (χ4n) is 2.38. The molecule has 0 atom stereocenters. The van der Waals surface area contributed by atoms with Crippen molar-refractivity contribution in [2.24, 2.45) is 0 Å². The third-order valence-electron chi connectivity index (χ3n) is 3.65. The number of nitrogens with zero attached hydrogens (tertiary/aromatic N) is 1. The zero-order valence-corrected chi connectivity index (χ0v) is 14.1. The van der Waals surface area contributed by atoms with Gasteiger partial charge >= 0.3 is 5.97 Å². The van der Waals surface area contributed by atoms with Crippen LogP contribution in [-0.2, 0) is 17.8 Å². The first-order chi connectivity index (χ1) is 12.2. The number of unbranched alkanes of at least 4 members (excludes halogenated alkanes) is 1. The summed E-state index contributed by atoms with van der Waals surface area (Å²) in [7, 11) is 0. The summed E-state index contributed by atoms with van der Waals surface area (Å²) in [4.78, 5) is 10.7. The van der Waals surface area contributed by atoms with E-state index in [0.717, 1.165) is 29.0 Å². The SMILES string of the molecule is N#CCCCOc1cccc(CNc2cccc(CCC(=O)O)c2)c1. The van der Waals surface area contributed by atoms with Crippen LogP contribution in [0.5, 0.6) is 5.75 Å². The van der Waals surface area contributed by atoms with Crippen LogP contribution in [0.25, 0.3) is 0 Å². The molecule has 2 N–H and O–H groups in total. The number of hydrogen-bond donors (Lipinski definition) is 2. The fourth-order valence-corrected chi connectivity index (χ4v) is 2.38. The molecule has 0 saturated heterocycles. The Balaban J connectivity index is 1.87. The summed E-state index contributed by atoms with van der Waals surface area (Å²) in [5.41, 5.74) is 3.05. The lowest BCUT2D eigenvalue weighted by Gasteiger charge is -2.10. The summed E-state index contributed by atoms with van der Waals surface area (Å²) in [6.45, 7) is 1.19. The van der Waals surface area contributed by atoms with Crippen LogP contribution in [0.15, 0.2) is 48.5 Å². The summed E-state index contributed by atoms with van der Waals surface area (Å²) in [5.74, 6) is 0.0115. The predicted molar refractivity (Wildman–Crippen MR) is 96.5 cm³/mol. The molecule has 0 unspecified atom stereocenters. The first-order valence-electron chi connectivity index (χ1n) is 8.30. The number of hydrogen-bond acceptors (Lipinski definition) is 4. The third kappa shape index (κ3) is 6.96. The van der Waals surface area contributed by atoms with Crippen molar-refractivity contribution in [3.63, 3.8) is 0 Å². The second-order valence-corrected chi connectivity index (χ2v) is 5.71. The van der Waals surface area contributed by atoms with Crippen molar-refractivity contribution in [1.29, 1.82) is 5.26 Å². The number of nitriles is 1. The smallest absolute Gasteiger partial charge is 0.303 e. The Bertz CT molecular complexity index is 738. The van der Waals surface area contributed by atoms with Crippen LogP contribution < -0.4 is 10.1 Å². The molecule has 0 amide bonds. The molecular weight excluding hydrogens is 316 g/mol. The number of ether oxygens (including phenoxy) is 1. The Kier molecular flexibility index (Phi) is 7.33. The monoisotopic (exact) mass is 338 g/mol. The van der Waals surface area contributed by atoms with Gasteiger partial charge in [-0.25, -0.2) is 0 Å². The molecule has 5 heteroatoms. The topological polar surface area (TPSA) is 82.3 Å². The van der Waals surface area contributed by atoms with Crippen LogP contribution in [0.2, 0.25) is 0 Å². The molecule has 2 aromatic carbocycles. The van der Waals surface area contributed by atoms with Crippen LogP contribution in [0.4, 0.5) is 5.69 Å². The number of carboxylic acids is 1. The summed E-state index contributed by atoms with van der Waals surface area (Å²) in [6, 6.07) is 17.7. The van der Waals surface area contributed by atoms with Gasteiger partial charge in [-0.3, -0.25) is 4.79 Å². The molecule has 0 aliphatic rings. The fraction of sp³-hybridized carbons (Fsp3) is 0.300. The van der Waals surface area contributed by atoms with Gasteiger partial charge in [0.1, 0.15) is 5.75 Å². The molecule has 130 valence electrons. The molecule has 0 aliphatic carbocycles. The Labute approximate surface area is 147 Å². The van der Waals surface area contributed by atoms with Crippen molar-refractivity contribution < 1.29 is 14.6 Å². The lowest BCUT2D eigenvalue weighted by Crippen LogP contribution is -2.02. The van der Waals surface area contributed by atoms with Crippen molar-refractivity contribution in [3.05, 3.63) is 59.7 Å². The Morgan fingerprint density at radius 2 is 1.96 bits per heavy atom. The number of aryl methyl sites for hydroxylation is 1. The second kappa shape index (κ2) is 9.99. The Hall–Kier alpha value is -3.00. The van der Waals surface area contributed by atoms with Crippen LogP contribution in [0, 0.1) is 11.3 Å². The largest absolute Gasteiger partial charge is 0.494 e. The van der Waals surface area contributed by atoms with Crippen molar-refractivity contribution in [2.45, 2.75) is 32.2 Å². The maximum atomic E-state index is 10.7. The van der Waals surface area contributed by atoms with Gasteiger partial charge in [-0.2, -0.15) is 5.26 Å². The molecule has 0 fully saturated rings. The molecule has 5 nitrogen and oxygen atoms in total. The number of aliphatic carboxylic acids is 1. The van der Waals surface area contributed by atoms with E-state index in [2.05, 4.69) is 11.4 Å². The first-order valence-corrected chi connectivity index (χ1v) is 8.30. The molecule has 0 radical (unpaired) electrons. The van der Waals surface area contributed by atoms with Gasteiger partial charge in [0, 0.05) is 25.1 Å². The van der Waals surface area contributed by atoms with Gasteiger partial charge in [0.2, 0.25) is 0 Å². The van der Waals surface area contributed by atoms with E-state index in [1.807, 2.05) is 48.5 Å². The molecule has 25 heavy (non-hydrogen) atoms. The maximum Gasteiger partial charge on any atom is 0.303 e. The van der Waals surface area contributed by atoms with E-state index in [1.54, 1.807) is 0 Å². The number of nitrogens with one attached hydrogen (secondary N) is 1. The minimum atomic E-state index is -0.787. The van der Waals surface area contributed by atoms with Gasteiger partial charge < -0.3 is 15.2 Å². The number of benzene rings is 2. The van der Waals surface area contributed by atoms with E-state index < -0.39 is 5.97 Å². The Morgan fingerprint density at radius 1 is 1.16 bits per heavy atom. The van der Waals surface area contributed by atoms with Gasteiger partial charge in [0.15, 0.2) is 0 Å². The van der Waals surface area contributed by atoms with Gasteiger partial charge in [0.05, 0.1) is 12.7 Å². The number of anilines is 1. The lowest BCUT2D eigenvalue weighted by molar-refractivity contribution is -0.136. The minimum Gasteiger partial charge on any atom is -0.494 e. The molecule has 0 bridgehead atoms. The molecule has 0 aliphatic heterocycles. The zero-order valence-electron chi connectivity index (χ0n) is 14.1. The van der Waals surface area contributed by atoms with Crippen LogP contribution in [0.3, 0.4) is 0 Å². The summed E-state index contributed by atoms with van der Waals surface area (Å²) in [6.07, 6.45) is 1.88. The van der Waals surface area contributed by atoms with E-state index in [4.69, 9.17) is 15.1 Å². The Morgan fingerprint density at radius 3 is 2.76 bits per heavy atom. The number of carbonyl (C=O) groups is 1. The lowest BCUT2D eigenvalue weighted by atomic mass is 10.1. The summed E-state index contributed by atoms with van der Waals surface area (Å²) < 4.78 is 5.64. The molecule has 0 aromatic heterocycles. The first kappa shape index (κ1) is 18.3. The van der Waals surface area contributed by atoms with Crippen LogP contribution in [0.1, 0.15) is 30.4 Å². The van der Waals surface area contributed by atoms with Crippen LogP contribution in [-0.4, -0.2) is 17.7 Å². The molecule has 0 saturated carbocycles. The van der Waals surface area contributed by atoms with Gasteiger partial charge in [0.25, 0.3) is 0 Å². The van der Waals surface area contributed by atoms with Gasteiger partial charge in [-0.05, 0) is 48.2 Å². The quantitative estimate of drug-likeness (QED) is 0.640. The molecule has 0 spiro atoms. The molecule has 2 rings (SSSR count). The molecule has 0 heterocycles. The zero-order chi connectivity index (χ0) is 17.9. The minimum absolute atomic E-state index is 0.134. The highest BCUT2D eigenvalue weighted by molar-refractivity contribution is 5.67. The second-order valence-electron chi connectivity index (χ2n) is 5.71. The van der Waals surface area contributed by atoms with Crippen LogP contribution >= 0.6 is 0 Å². The van der Waals surface area contributed by atoms with Gasteiger partial charge in [-0.15, -0.1) is 0 Å². The highest BCUT2D eigenvalue weighted by Crippen LogP contribution is 2.17. The van der Waals surface area contributed by atoms with Crippen molar-refractivity contribution in [1.82, 2.24) is 0 Å². The normalized spacial score (nSPS) is 10.0. The van der Waals surface area contributed by atoms with E-state index in [9.17, 15) is 4.79 Å². The van der Waals surface area contributed by atoms with E-state index >= 15 is 0 Å².